The first kappa shape index (κ1) is 10.8. The van der Waals surface area contributed by atoms with Gasteiger partial charge in [0.2, 0.25) is 0 Å². The van der Waals surface area contributed by atoms with Gasteiger partial charge in [-0.15, -0.1) is 0 Å². The average molecular weight is 223 g/mol. The molecule has 0 saturated carbocycles. The van der Waals surface area contributed by atoms with E-state index in [-0.39, 0.29) is 19.3 Å². The zero-order valence-corrected chi connectivity index (χ0v) is 8.92. The molecular weight excluding hydrogens is 210 g/mol. The summed E-state index contributed by atoms with van der Waals surface area (Å²) in [6.45, 7) is 0.0928. The number of benzene rings is 1. The van der Waals surface area contributed by atoms with E-state index in [1.807, 2.05) is 0 Å². The quantitative estimate of drug-likeness (QED) is 0.830. The van der Waals surface area contributed by atoms with Crippen LogP contribution in [0, 0.1) is 0 Å². The van der Waals surface area contributed by atoms with E-state index in [9.17, 15) is 4.79 Å². The molecule has 1 amide bonds. The largest absolute Gasteiger partial charge is 0.497 e. The molecule has 1 fully saturated rings. The van der Waals surface area contributed by atoms with Crippen LogP contribution in [0.15, 0.2) is 24.3 Å². The molecule has 1 unspecified atom stereocenters. The smallest absolute Gasteiger partial charge is 0.414 e. The summed E-state index contributed by atoms with van der Waals surface area (Å²) in [5.41, 5.74) is 0.668. The summed E-state index contributed by atoms with van der Waals surface area (Å²) in [4.78, 5) is 12.9. The standard InChI is InChI=1S/C11H13NO4/c1-15-10-4-2-3-8(5-10)12-9(6-13)7-16-11(12)14/h2-5,9,13H,6-7H2,1H3. The van der Waals surface area contributed by atoms with Gasteiger partial charge in [-0.3, -0.25) is 4.90 Å². The van der Waals surface area contributed by atoms with Crippen molar-refractivity contribution < 1.29 is 19.4 Å². The lowest BCUT2D eigenvalue weighted by molar-refractivity contribution is 0.174. The third-order valence-corrected chi connectivity index (χ3v) is 2.50. The zero-order valence-electron chi connectivity index (χ0n) is 8.92. The highest BCUT2D eigenvalue weighted by atomic mass is 16.6. The molecule has 0 bridgehead atoms. The summed E-state index contributed by atoms with van der Waals surface area (Å²) in [6, 6.07) is 6.76. The molecule has 1 aromatic carbocycles. The molecule has 1 saturated heterocycles. The Hall–Kier alpha value is -1.75. The fourth-order valence-corrected chi connectivity index (χ4v) is 1.67. The number of methoxy groups -OCH3 is 1. The van der Waals surface area contributed by atoms with Crippen molar-refractivity contribution in [3.8, 4) is 5.75 Å². The van der Waals surface area contributed by atoms with Gasteiger partial charge in [-0.1, -0.05) is 6.07 Å². The molecule has 1 heterocycles. The van der Waals surface area contributed by atoms with Gasteiger partial charge in [0.15, 0.2) is 0 Å². The third-order valence-electron chi connectivity index (χ3n) is 2.50. The fourth-order valence-electron chi connectivity index (χ4n) is 1.67. The molecule has 1 aromatic rings. The Morgan fingerprint density at radius 3 is 3.12 bits per heavy atom. The predicted molar refractivity (Wildman–Crippen MR) is 57.7 cm³/mol. The number of amides is 1. The van der Waals surface area contributed by atoms with Crippen LogP contribution in [0.2, 0.25) is 0 Å². The van der Waals surface area contributed by atoms with Crippen molar-refractivity contribution in [2.24, 2.45) is 0 Å². The van der Waals surface area contributed by atoms with E-state index in [4.69, 9.17) is 14.6 Å². The number of carbonyl (C=O) groups is 1. The summed E-state index contributed by atoms with van der Waals surface area (Å²) in [7, 11) is 1.56. The minimum atomic E-state index is -0.438. The second-order valence-electron chi connectivity index (χ2n) is 3.48. The minimum Gasteiger partial charge on any atom is -0.497 e. The van der Waals surface area contributed by atoms with Crippen molar-refractivity contribution in [2.75, 3.05) is 25.2 Å². The lowest BCUT2D eigenvalue weighted by Gasteiger charge is -2.19. The average Bonchev–Trinajstić information content (AvgIpc) is 2.70. The lowest BCUT2D eigenvalue weighted by atomic mass is 10.2. The monoisotopic (exact) mass is 223 g/mol. The van der Waals surface area contributed by atoms with Gasteiger partial charge in [0.1, 0.15) is 12.4 Å². The maximum absolute atomic E-state index is 11.5. The van der Waals surface area contributed by atoms with Gasteiger partial charge in [0.25, 0.3) is 0 Å². The van der Waals surface area contributed by atoms with Crippen LogP contribution in [0.25, 0.3) is 0 Å². The summed E-state index contributed by atoms with van der Waals surface area (Å²) >= 11 is 0. The van der Waals surface area contributed by atoms with Gasteiger partial charge in [-0.05, 0) is 12.1 Å². The van der Waals surface area contributed by atoms with Gasteiger partial charge >= 0.3 is 6.09 Å². The maximum atomic E-state index is 11.5. The van der Waals surface area contributed by atoms with Crippen LogP contribution in [-0.2, 0) is 4.74 Å². The lowest BCUT2D eigenvalue weighted by Crippen LogP contribution is -2.35. The molecule has 0 radical (unpaired) electrons. The Morgan fingerprint density at radius 1 is 1.62 bits per heavy atom. The highest BCUT2D eigenvalue weighted by molar-refractivity contribution is 5.90. The van der Waals surface area contributed by atoms with Crippen molar-refractivity contribution in [1.29, 1.82) is 0 Å². The van der Waals surface area contributed by atoms with Gasteiger partial charge in [0, 0.05) is 6.07 Å². The van der Waals surface area contributed by atoms with Crippen LogP contribution in [0.1, 0.15) is 0 Å². The molecule has 0 aliphatic carbocycles. The molecule has 0 aromatic heterocycles. The van der Waals surface area contributed by atoms with Crippen molar-refractivity contribution in [3.63, 3.8) is 0 Å². The summed E-state index contributed by atoms with van der Waals surface area (Å²) in [5.74, 6) is 0.661. The van der Waals surface area contributed by atoms with Crippen LogP contribution < -0.4 is 9.64 Å². The Labute approximate surface area is 93.2 Å². The molecule has 2 rings (SSSR count). The topological polar surface area (TPSA) is 59.0 Å². The number of nitrogens with zero attached hydrogens (tertiary/aromatic N) is 1. The Kier molecular flexibility index (Phi) is 2.96. The second kappa shape index (κ2) is 4.40. The highest BCUT2D eigenvalue weighted by Gasteiger charge is 2.33. The number of cyclic esters (lactones) is 1. The number of aliphatic hydroxyl groups excluding tert-OH is 1. The number of rotatable bonds is 3. The number of carbonyl (C=O) groups excluding carboxylic acids is 1. The molecule has 1 atom stereocenters. The SMILES string of the molecule is COc1cccc(N2C(=O)OCC2CO)c1. The van der Waals surface area contributed by atoms with Crippen LogP contribution in [0.4, 0.5) is 10.5 Å². The van der Waals surface area contributed by atoms with E-state index in [2.05, 4.69) is 0 Å². The van der Waals surface area contributed by atoms with Crippen molar-refractivity contribution in [2.45, 2.75) is 6.04 Å². The molecule has 16 heavy (non-hydrogen) atoms. The van der Waals surface area contributed by atoms with Crippen LogP contribution in [0.3, 0.4) is 0 Å². The van der Waals surface area contributed by atoms with E-state index in [0.29, 0.717) is 11.4 Å². The Balaban J connectivity index is 2.30. The Bertz CT molecular complexity index is 393. The first-order valence-corrected chi connectivity index (χ1v) is 4.97. The number of hydrogen-bond donors (Lipinski definition) is 1. The van der Waals surface area contributed by atoms with E-state index in [1.54, 1.807) is 31.4 Å². The van der Waals surface area contributed by atoms with Crippen LogP contribution in [-0.4, -0.2) is 37.6 Å². The van der Waals surface area contributed by atoms with E-state index in [0.717, 1.165) is 0 Å². The molecule has 86 valence electrons. The molecule has 1 aliphatic rings. The first-order valence-electron chi connectivity index (χ1n) is 4.97. The zero-order chi connectivity index (χ0) is 11.5. The third kappa shape index (κ3) is 1.81. The minimum absolute atomic E-state index is 0.122. The van der Waals surface area contributed by atoms with Crippen LogP contribution >= 0.6 is 0 Å². The maximum Gasteiger partial charge on any atom is 0.414 e. The van der Waals surface area contributed by atoms with Crippen molar-refractivity contribution in [3.05, 3.63) is 24.3 Å². The molecule has 5 nitrogen and oxygen atoms in total. The first-order chi connectivity index (χ1) is 7.76. The van der Waals surface area contributed by atoms with E-state index >= 15 is 0 Å². The van der Waals surface area contributed by atoms with Gasteiger partial charge < -0.3 is 14.6 Å². The normalized spacial score (nSPS) is 19.8. The second-order valence-corrected chi connectivity index (χ2v) is 3.48. The predicted octanol–water partition coefficient (Wildman–Crippen LogP) is 1.01. The van der Waals surface area contributed by atoms with Gasteiger partial charge in [-0.2, -0.15) is 0 Å². The van der Waals surface area contributed by atoms with Gasteiger partial charge in [0.05, 0.1) is 25.4 Å². The van der Waals surface area contributed by atoms with Crippen LogP contribution in [0.5, 0.6) is 5.75 Å². The van der Waals surface area contributed by atoms with Crippen molar-refractivity contribution in [1.82, 2.24) is 0 Å². The van der Waals surface area contributed by atoms with E-state index < -0.39 is 6.09 Å². The molecule has 1 N–H and O–H groups in total. The number of ether oxygens (including phenoxy) is 2. The number of hydrogen-bond acceptors (Lipinski definition) is 4. The van der Waals surface area contributed by atoms with E-state index in [1.165, 1.54) is 4.90 Å². The molecular formula is C11H13NO4. The Morgan fingerprint density at radius 2 is 2.44 bits per heavy atom. The number of anilines is 1. The van der Waals surface area contributed by atoms with Crippen molar-refractivity contribution >= 4 is 11.8 Å². The summed E-state index contributed by atoms with van der Waals surface area (Å²) < 4.78 is 9.96. The number of aliphatic hydroxyl groups is 1. The molecule has 0 spiro atoms. The molecule has 1 aliphatic heterocycles. The molecule has 5 heteroatoms. The highest BCUT2D eigenvalue weighted by Crippen LogP contribution is 2.26. The fraction of sp³-hybridized carbons (Fsp3) is 0.364. The summed E-state index contributed by atoms with van der Waals surface area (Å²) in [6.07, 6.45) is -0.438. The summed E-state index contributed by atoms with van der Waals surface area (Å²) in [5, 5.41) is 9.14. The van der Waals surface area contributed by atoms with Gasteiger partial charge in [-0.25, -0.2) is 4.79 Å².